The van der Waals surface area contributed by atoms with Crippen molar-refractivity contribution in [1.82, 2.24) is 14.7 Å². The maximum atomic E-state index is 8.69. The highest BCUT2D eigenvalue weighted by molar-refractivity contribution is 5.21. The van der Waals surface area contributed by atoms with Gasteiger partial charge in [-0.05, 0) is 26.4 Å². The first-order valence-electron chi connectivity index (χ1n) is 4.92. The van der Waals surface area contributed by atoms with E-state index in [0.717, 1.165) is 13.0 Å². The number of likely N-dealkylation sites (N-methyl/N-ethyl adjacent to an activating group) is 1. The molecule has 0 bridgehead atoms. The summed E-state index contributed by atoms with van der Waals surface area (Å²) in [7, 11) is 2.13. The van der Waals surface area contributed by atoms with Gasteiger partial charge in [0.2, 0.25) is 0 Å². The van der Waals surface area contributed by atoms with Crippen LogP contribution >= 0.6 is 0 Å². The number of nitriles is 1. The Hall–Kier alpha value is -1.34. The maximum Gasteiger partial charge on any atom is 0.102 e. The second-order valence-electron chi connectivity index (χ2n) is 3.88. The number of hydrogen-bond acceptors (Lipinski definition) is 3. The Bertz CT molecular complexity index is 349. The number of likely N-dealkylation sites (tertiary alicyclic amines) is 1. The van der Waals surface area contributed by atoms with Gasteiger partial charge in [0.25, 0.3) is 0 Å². The van der Waals surface area contributed by atoms with Gasteiger partial charge in [-0.2, -0.15) is 10.4 Å². The zero-order valence-electron chi connectivity index (χ0n) is 8.35. The van der Waals surface area contributed by atoms with Crippen LogP contribution in [0.5, 0.6) is 0 Å². The van der Waals surface area contributed by atoms with Crippen LogP contribution in [0.15, 0.2) is 12.4 Å². The molecule has 4 heteroatoms. The summed E-state index contributed by atoms with van der Waals surface area (Å²) < 4.78 is 1.92. The Kier molecular flexibility index (Phi) is 2.51. The molecule has 1 unspecified atom stereocenters. The molecule has 2 heterocycles. The lowest BCUT2D eigenvalue weighted by Gasteiger charge is -2.29. The van der Waals surface area contributed by atoms with Crippen molar-refractivity contribution in [2.24, 2.45) is 0 Å². The lowest BCUT2D eigenvalue weighted by molar-refractivity contribution is 0.202. The van der Waals surface area contributed by atoms with Gasteiger partial charge in [0.1, 0.15) is 6.07 Å². The van der Waals surface area contributed by atoms with Gasteiger partial charge < -0.3 is 4.90 Å². The van der Waals surface area contributed by atoms with E-state index in [1.54, 1.807) is 6.20 Å². The molecule has 2 rings (SSSR count). The van der Waals surface area contributed by atoms with E-state index in [4.69, 9.17) is 5.26 Å². The molecule has 1 aliphatic rings. The predicted molar refractivity (Wildman–Crippen MR) is 52.7 cm³/mol. The van der Waals surface area contributed by atoms with E-state index >= 15 is 0 Å². The third-order valence-electron chi connectivity index (χ3n) is 2.70. The molecule has 14 heavy (non-hydrogen) atoms. The van der Waals surface area contributed by atoms with Crippen LogP contribution in [-0.2, 0) is 0 Å². The maximum absolute atomic E-state index is 8.69. The minimum atomic E-state index is 0.441. The summed E-state index contributed by atoms with van der Waals surface area (Å²) in [5, 5.41) is 12.9. The minimum Gasteiger partial charge on any atom is -0.304 e. The summed E-state index contributed by atoms with van der Waals surface area (Å²) in [5.74, 6) is 0. The fraction of sp³-hybridized carbons (Fsp3) is 0.600. The quantitative estimate of drug-likeness (QED) is 0.664. The molecule has 1 atom stereocenters. The van der Waals surface area contributed by atoms with Crippen LogP contribution in [0, 0.1) is 11.3 Å². The number of hydrogen-bond donors (Lipinski definition) is 0. The van der Waals surface area contributed by atoms with Gasteiger partial charge in [0, 0.05) is 12.7 Å². The Morgan fingerprint density at radius 1 is 1.64 bits per heavy atom. The highest BCUT2D eigenvalue weighted by Gasteiger charge is 2.19. The molecule has 0 N–H and O–H groups in total. The van der Waals surface area contributed by atoms with E-state index in [2.05, 4.69) is 23.1 Å². The number of aromatic nitrogens is 2. The molecule has 1 aromatic heterocycles. The standard InChI is InChI=1S/C10H14N4/c1-13-4-2-3-10(8-13)14-7-9(5-11)6-12-14/h6-7,10H,2-4,8H2,1H3. The zero-order chi connectivity index (χ0) is 9.97. The Balaban J connectivity index is 2.10. The first-order valence-corrected chi connectivity index (χ1v) is 4.92. The van der Waals surface area contributed by atoms with Crippen molar-refractivity contribution in [1.29, 1.82) is 5.26 Å². The number of nitrogens with zero attached hydrogens (tertiary/aromatic N) is 4. The summed E-state index contributed by atoms with van der Waals surface area (Å²) in [5.41, 5.74) is 0.651. The van der Waals surface area contributed by atoms with E-state index in [9.17, 15) is 0 Å². The smallest absolute Gasteiger partial charge is 0.102 e. The highest BCUT2D eigenvalue weighted by Crippen LogP contribution is 2.19. The third-order valence-corrected chi connectivity index (χ3v) is 2.70. The van der Waals surface area contributed by atoms with Crippen molar-refractivity contribution in [3.8, 4) is 6.07 Å². The number of rotatable bonds is 1. The second-order valence-corrected chi connectivity index (χ2v) is 3.88. The summed E-state index contributed by atoms with van der Waals surface area (Å²) in [6, 6.07) is 2.54. The third kappa shape index (κ3) is 1.78. The van der Waals surface area contributed by atoms with Gasteiger partial charge in [-0.3, -0.25) is 4.68 Å². The van der Waals surface area contributed by atoms with Crippen molar-refractivity contribution in [2.45, 2.75) is 18.9 Å². The molecule has 0 saturated carbocycles. The first kappa shape index (κ1) is 9.22. The SMILES string of the molecule is CN1CCCC(n2cc(C#N)cn2)C1. The van der Waals surface area contributed by atoms with E-state index in [1.807, 2.05) is 10.9 Å². The monoisotopic (exact) mass is 190 g/mol. The largest absolute Gasteiger partial charge is 0.304 e. The van der Waals surface area contributed by atoms with Gasteiger partial charge >= 0.3 is 0 Å². The van der Waals surface area contributed by atoms with Crippen LogP contribution < -0.4 is 0 Å². The van der Waals surface area contributed by atoms with Crippen LogP contribution in [0.25, 0.3) is 0 Å². The topological polar surface area (TPSA) is 44.9 Å². The van der Waals surface area contributed by atoms with Crippen molar-refractivity contribution in [3.05, 3.63) is 18.0 Å². The minimum absolute atomic E-state index is 0.441. The van der Waals surface area contributed by atoms with E-state index < -0.39 is 0 Å². The van der Waals surface area contributed by atoms with Crippen LogP contribution in [0.1, 0.15) is 24.4 Å². The summed E-state index contributed by atoms with van der Waals surface area (Å²) in [6.45, 7) is 2.20. The average molecular weight is 190 g/mol. The summed E-state index contributed by atoms with van der Waals surface area (Å²) in [4.78, 5) is 2.31. The molecule has 1 saturated heterocycles. The van der Waals surface area contributed by atoms with Crippen LogP contribution in [0.4, 0.5) is 0 Å². The van der Waals surface area contributed by atoms with Crippen LogP contribution in [0.2, 0.25) is 0 Å². The molecular formula is C10H14N4. The molecular weight excluding hydrogens is 176 g/mol. The van der Waals surface area contributed by atoms with Crippen molar-refractivity contribution in [3.63, 3.8) is 0 Å². The van der Waals surface area contributed by atoms with Crippen molar-refractivity contribution < 1.29 is 0 Å². The fourth-order valence-corrected chi connectivity index (χ4v) is 1.95. The Morgan fingerprint density at radius 2 is 2.50 bits per heavy atom. The molecule has 0 radical (unpaired) electrons. The van der Waals surface area contributed by atoms with Crippen LogP contribution in [0.3, 0.4) is 0 Å². The van der Waals surface area contributed by atoms with Gasteiger partial charge in [0.15, 0.2) is 0 Å². The lowest BCUT2D eigenvalue weighted by Crippen LogP contribution is -2.33. The molecule has 74 valence electrons. The lowest BCUT2D eigenvalue weighted by atomic mass is 10.1. The van der Waals surface area contributed by atoms with Crippen molar-refractivity contribution >= 4 is 0 Å². The molecule has 1 aromatic rings. The predicted octanol–water partition coefficient (Wildman–Crippen LogP) is 1.02. The van der Waals surface area contributed by atoms with E-state index in [1.165, 1.54) is 13.0 Å². The van der Waals surface area contributed by atoms with E-state index in [0.29, 0.717) is 11.6 Å². The molecule has 4 nitrogen and oxygen atoms in total. The average Bonchev–Trinajstić information content (AvgIpc) is 2.66. The van der Waals surface area contributed by atoms with Gasteiger partial charge in [-0.15, -0.1) is 0 Å². The van der Waals surface area contributed by atoms with Gasteiger partial charge in [-0.1, -0.05) is 0 Å². The first-order chi connectivity index (χ1) is 6.79. The molecule has 1 fully saturated rings. The van der Waals surface area contributed by atoms with E-state index in [-0.39, 0.29) is 0 Å². The van der Waals surface area contributed by atoms with Crippen LogP contribution in [-0.4, -0.2) is 34.8 Å². The second kappa shape index (κ2) is 3.81. The molecule has 0 aliphatic carbocycles. The summed E-state index contributed by atoms with van der Waals surface area (Å²) in [6.07, 6.45) is 5.85. The Morgan fingerprint density at radius 3 is 3.14 bits per heavy atom. The zero-order valence-corrected chi connectivity index (χ0v) is 8.35. The molecule has 0 aromatic carbocycles. The summed E-state index contributed by atoms with van der Waals surface area (Å²) >= 11 is 0. The van der Waals surface area contributed by atoms with Crippen molar-refractivity contribution in [2.75, 3.05) is 20.1 Å². The number of piperidine rings is 1. The normalized spacial score (nSPS) is 23.3. The molecule has 0 amide bonds. The van der Waals surface area contributed by atoms with Gasteiger partial charge in [-0.25, -0.2) is 0 Å². The molecule has 1 aliphatic heterocycles. The Labute approximate surface area is 83.7 Å². The van der Waals surface area contributed by atoms with Gasteiger partial charge in [0.05, 0.1) is 17.8 Å². The fourth-order valence-electron chi connectivity index (χ4n) is 1.95. The highest BCUT2D eigenvalue weighted by atomic mass is 15.3. The molecule has 0 spiro atoms.